The zero-order chi connectivity index (χ0) is 16.5. The Kier molecular flexibility index (Phi) is 7.66. The van der Waals surface area contributed by atoms with E-state index < -0.39 is 12.0 Å². The van der Waals surface area contributed by atoms with Crippen LogP contribution in [0.2, 0.25) is 0 Å². The fourth-order valence-electron chi connectivity index (χ4n) is 1.64. The molecule has 0 aliphatic rings. The van der Waals surface area contributed by atoms with Crippen molar-refractivity contribution in [3.8, 4) is 0 Å². The van der Waals surface area contributed by atoms with Crippen LogP contribution in [-0.4, -0.2) is 28.8 Å². The lowest BCUT2D eigenvalue weighted by Crippen LogP contribution is -2.43. The van der Waals surface area contributed by atoms with Crippen molar-refractivity contribution in [3.63, 3.8) is 0 Å². The predicted molar refractivity (Wildman–Crippen MR) is 85.3 cm³/mol. The molecule has 1 aromatic rings. The molecule has 0 aliphatic carbocycles. The fourth-order valence-corrected chi connectivity index (χ4v) is 2.56. The first kappa shape index (κ1) is 18.2. The van der Waals surface area contributed by atoms with Crippen LogP contribution in [0.3, 0.4) is 0 Å². The predicted octanol–water partition coefficient (Wildman–Crippen LogP) is 3.09. The zero-order valence-corrected chi connectivity index (χ0v) is 13.4. The van der Waals surface area contributed by atoms with E-state index >= 15 is 0 Å². The first-order chi connectivity index (χ1) is 10.4. The molecular weight excluding hydrogens is 305 g/mol. The Morgan fingerprint density at radius 1 is 1.36 bits per heavy atom. The minimum absolute atomic E-state index is 0.259. The number of carbonyl (C=O) groups is 2. The highest BCUT2D eigenvalue weighted by Gasteiger charge is 2.21. The summed E-state index contributed by atoms with van der Waals surface area (Å²) < 4.78 is 12.8. The van der Waals surface area contributed by atoms with Crippen LogP contribution >= 0.6 is 11.8 Å². The smallest absolute Gasteiger partial charge is 0.326 e. The summed E-state index contributed by atoms with van der Waals surface area (Å²) in [6.45, 7) is 3.53. The standard InChI is InChI=1S/C16H20FNO3S/c1-3-4-5-14(16(20)21)18-15(19)11(2)10-22-13-8-6-12(17)7-9-13/h3-4,6-9,11,14H,5,10H2,1-2H3,(H,18,19)(H,20,21)/b4-3+. The van der Waals surface area contributed by atoms with Gasteiger partial charge in [-0.2, -0.15) is 0 Å². The van der Waals surface area contributed by atoms with Crippen LogP contribution in [0.25, 0.3) is 0 Å². The number of aliphatic carboxylic acids is 1. The molecule has 1 rings (SSSR count). The van der Waals surface area contributed by atoms with E-state index in [1.54, 1.807) is 38.1 Å². The molecule has 22 heavy (non-hydrogen) atoms. The maximum Gasteiger partial charge on any atom is 0.326 e. The largest absolute Gasteiger partial charge is 0.480 e. The average molecular weight is 325 g/mol. The molecule has 2 N–H and O–H groups in total. The first-order valence-electron chi connectivity index (χ1n) is 6.96. The molecular formula is C16H20FNO3S. The Hall–Kier alpha value is -1.82. The van der Waals surface area contributed by atoms with E-state index in [1.807, 2.05) is 0 Å². The van der Waals surface area contributed by atoms with Gasteiger partial charge in [0.15, 0.2) is 0 Å². The summed E-state index contributed by atoms with van der Waals surface area (Å²) in [5.41, 5.74) is 0. The van der Waals surface area contributed by atoms with Gasteiger partial charge in [0.2, 0.25) is 5.91 Å². The van der Waals surface area contributed by atoms with Crippen LogP contribution in [0, 0.1) is 11.7 Å². The topological polar surface area (TPSA) is 66.4 Å². The molecule has 0 saturated carbocycles. The van der Waals surface area contributed by atoms with E-state index in [2.05, 4.69) is 5.32 Å². The summed E-state index contributed by atoms with van der Waals surface area (Å²) in [5.74, 6) is -1.50. The number of thioether (sulfide) groups is 1. The van der Waals surface area contributed by atoms with Gasteiger partial charge in [0.25, 0.3) is 0 Å². The highest BCUT2D eigenvalue weighted by atomic mass is 32.2. The molecule has 0 aliphatic heterocycles. The number of amides is 1. The maximum absolute atomic E-state index is 12.8. The number of allylic oxidation sites excluding steroid dienone is 1. The lowest BCUT2D eigenvalue weighted by Gasteiger charge is -2.16. The van der Waals surface area contributed by atoms with Gasteiger partial charge in [0, 0.05) is 16.6 Å². The van der Waals surface area contributed by atoms with Gasteiger partial charge in [-0.15, -0.1) is 11.8 Å². The summed E-state index contributed by atoms with van der Waals surface area (Å²) in [6, 6.07) is 5.12. The van der Waals surface area contributed by atoms with E-state index in [9.17, 15) is 14.0 Å². The average Bonchev–Trinajstić information content (AvgIpc) is 2.50. The number of halogens is 1. The fraction of sp³-hybridized carbons (Fsp3) is 0.375. The monoisotopic (exact) mass is 325 g/mol. The number of carbonyl (C=O) groups excluding carboxylic acids is 1. The molecule has 4 nitrogen and oxygen atoms in total. The molecule has 0 heterocycles. The molecule has 6 heteroatoms. The molecule has 0 saturated heterocycles. The Balaban J connectivity index is 2.49. The third-order valence-corrected chi connectivity index (χ3v) is 4.26. The van der Waals surface area contributed by atoms with E-state index in [0.717, 1.165) is 4.90 Å². The van der Waals surface area contributed by atoms with Gasteiger partial charge < -0.3 is 10.4 Å². The molecule has 0 radical (unpaired) electrons. The normalized spacial score (nSPS) is 13.8. The van der Waals surface area contributed by atoms with Crippen molar-refractivity contribution in [3.05, 3.63) is 42.2 Å². The third-order valence-electron chi connectivity index (χ3n) is 2.98. The SMILES string of the molecule is C/C=C/CC(NC(=O)C(C)CSc1ccc(F)cc1)C(=O)O. The Bertz CT molecular complexity index is 531. The van der Waals surface area contributed by atoms with E-state index in [4.69, 9.17) is 5.11 Å². The zero-order valence-electron chi connectivity index (χ0n) is 12.6. The number of benzene rings is 1. The Labute approximate surface area is 133 Å². The molecule has 0 aromatic heterocycles. The van der Waals surface area contributed by atoms with Gasteiger partial charge in [0.05, 0.1) is 0 Å². The van der Waals surface area contributed by atoms with Crippen LogP contribution in [-0.2, 0) is 9.59 Å². The highest BCUT2D eigenvalue weighted by molar-refractivity contribution is 7.99. The van der Waals surface area contributed by atoms with Crippen molar-refractivity contribution < 1.29 is 19.1 Å². The van der Waals surface area contributed by atoms with E-state index in [-0.39, 0.29) is 24.1 Å². The molecule has 2 atom stereocenters. The number of carboxylic acids is 1. The van der Waals surface area contributed by atoms with Gasteiger partial charge in [-0.3, -0.25) is 4.79 Å². The molecule has 1 amide bonds. The number of hydrogen-bond acceptors (Lipinski definition) is 3. The van der Waals surface area contributed by atoms with Gasteiger partial charge in [0.1, 0.15) is 11.9 Å². The minimum Gasteiger partial charge on any atom is -0.480 e. The van der Waals surface area contributed by atoms with Crippen LogP contribution in [0.15, 0.2) is 41.3 Å². The molecule has 0 fully saturated rings. The summed E-state index contributed by atoms with van der Waals surface area (Å²) in [6.07, 6.45) is 3.71. The first-order valence-corrected chi connectivity index (χ1v) is 7.95. The second kappa shape index (κ2) is 9.25. The Morgan fingerprint density at radius 3 is 2.55 bits per heavy atom. The maximum atomic E-state index is 12.8. The van der Waals surface area contributed by atoms with Crippen molar-refractivity contribution in [1.29, 1.82) is 0 Å². The molecule has 1 aromatic carbocycles. The number of rotatable bonds is 8. The summed E-state index contributed by atoms with van der Waals surface area (Å²) in [4.78, 5) is 24.0. The number of hydrogen-bond donors (Lipinski definition) is 2. The van der Waals surface area contributed by atoms with Crippen molar-refractivity contribution in [2.45, 2.75) is 31.2 Å². The van der Waals surface area contributed by atoms with Crippen LogP contribution < -0.4 is 5.32 Å². The molecule has 2 unspecified atom stereocenters. The summed E-state index contributed by atoms with van der Waals surface area (Å²) in [7, 11) is 0. The van der Waals surface area contributed by atoms with Gasteiger partial charge >= 0.3 is 5.97 Å². The molecule has 120 valence electrons. The molecule has 0 spiro atoms. The second-order valence-electron chi connectivity index (χ2n) is 4.87. The lowest BCUT2D eigenvalue weighted by molar-refractivity contribution is -0.142. The third kappa shape index (κ3) is 6.30. The summed E-state index contributed by atoms with van der Waals surface area (Å²) >= 11 is 1.43. The lowest BCUT2D eigenvalue weighted by atomic mass is 10.1. The minimum atomic E-state index is -1.05. The van der Waals surface area contributed by atoms with Crippen LogP contribution in [0.5, 0.6) is 0 Å². The van der Waals surface area contributed by atoms with Gasteiger partial charge in [-0.25, -0.2) is 9.18 Å². The van der Waals surface area contributed by atoms with E-state index in [0.29, 0.717) is 5.75 Å². The van der Waals surface area contributed by atoms with Crippen molar-refractivity contribution in [2.75, 3.05) is 5.75 Å². The van der Waals surface area contributed by atoms with Crippen molar-refractivity contribution >= 4 is 23.6 Å². The van der Waals surface area contributed by atoms with Crippen LogP contribution in [0.4, 0.5) is 4.39 Å². The number of nitrogens with one attached hydrogen (secondary N) is 1. The van der Waals surface area contributed by atoms with Crippen LogP contribution in [0.1, 0.15) is 20.3 Å². The van der Waals surface area contributed by atoms with Crippen molar-refractivity contribution in [2.24, 2.45) is 5.92 Å². The van der Waals surface area contributed by atoms with Crippen molar-refractivity contribution in [1.82, 2.24) is 5.32 Å². The molecule has 0 bridgehead atoms. The second-order valence-corrected chi connectivity index (χ2v) is 5.96. The quantitative estimate of drug-likeness (QED) is 0.569. The van der Waals surface area contributed by atoms with Gasteiger partial charge in [-0.1, -0.05) is 19.1 Å². The highest BCUT2D eigenvalue weighted by Crippen LogP contribution is 2.21. The number of carboxylic acid groups (broad SMARTS) is 1. The summed E-state index contributed by atoms with van der Waals surface area (Å²) in [5, 5.41) is 11.6. The van der Waals surface area contributed by atoms with E-state index in [1.165, 1.54) is 23.9 Å². The Morgan fingerprint density at radius 2 is 2.00 bits per heavy atom. The van der Waals surface area contributed by atoms with Gasteiger partial charge in [-0.05, 0) is 37.6 Å².